The van der Waals surface area contributed by atoms with Gasteiger partial charge < -0.3 is 5.11 Å². The first kappa shape index (κ1) is 15.1. The quantitative estimate of drug-likeness (QED) is 0.792. The van der Waals surface area contributed by atoms with Crippen LogP contribution in [0.2, 0.25) is 0 Å². The van der Waals surface area contributed by atoms with Crippen LogP contribution in [0.5, 0.6) is 0 Å². The van der Waals surface area contributed by atoms with Gasteiger partial charge in [-0.25, -0.2) is 0 Å². The monoisotopic (exact) mass is 290 g/mol. The van der Waals surface area contributed by atoms with Crippen LogP contribution in [0.4, 0.5) is 13.2 Å². The second-order valence-electron chi connectivity index (χ2n) is 4.69. The van der Waals surface area contributed by atoms with Crippen LogP contribution >= 0.6 is 0 Å². The topological polar surface area (TPSA) is 20.2 Å². The maximum absolute atomic E-state index is 13.2. The third-order valence-corrected chi connectivity index (χ3v) is 3.04. The molecule has 0 amide bonds. The molecular weight excluding hydrogens is 277 g/mol. The van der Waals surface area contributed by atoms with Crippen molar-refractivity contribution in [3.8, 4) is 11.8 Å². The van der Waals surface area contributed by atoms with Crippen molar-refractivity contribution in [2.24, 2.45) is 0 Å². The third-order valence-electron chi connectivity index (χ3n) is 3.04. The van der Waals surface area contributed by atoms with Crippen LogP contribution in [0.15, 0.2) is 54.6 Å². The normalized spacial score (nSPS) is 14.0. The maximum atomic E-state index is 13.2. The molecule has 0 radical (unpaired) electrons. The van der Waals surface area contributed by atoms with Crippen molar-refractivity contribution < 1.29 is 18.3 Å². The van der Waals surface area contributed by atoms with E-state index >= 15 is 0 Å². The first-order valence-electron chi connectivity index (χ1n) is 6.27. The van der Waals surface area contributed by atoms with Gasteiger partial charge in [-0.15, -0.1) is 0 Å². The van der Waals surface area contributed by atoms with Gasteiger partial charge in [-0.2, -0.15) is 13.2 Å². The largest absolute Gasteiger partial charge is 0.433 e. The van der Waals surface area contributed by atoms with Crippen LogP contribution in [0.3, 0.4) is 0 Å². The summed E-state index contributed by atoms with van der Waals surface area (Å²) in [7, 11) is 0. The number of hydrogen-bond donors (Lipinski definition) is 1. The van der Waals surface area contributed by atoms with Crippen LogP contribution in [-0.4, -0.2) is 11.3 Å². The zero-order valence-corrected chi connectivity index (χ0v) is 11.3. The van der Waals surface area contributed by atoms with Crippen molar-refractivity contribution in [2.75, 3.05) is 0 Å². The van der Waals surface area contributed by atoms with Crippen molar-refractivity contribution in [3.63, 3.8) is 0 Å². The van der Waals surface area contributed by atoms with E-state index in [2.05, 4.69) is 5.92 Å². The molecule has 0 fully saturated rings. The highest BCUT2D eigenvalue weighted by molar-refractivity contribution is 5.41. The molecule has 0 saturated carbocycles. The molecule has 0 bridgehead atoms. The summed E-state index contributed by atoms with van der Waals surface area (Å²) >= 11 is 0. The number of aliphatic hydroxyl groups is 1. The van der Waals surface area contributed by atoms with Gasteiger partial charge in [0.1, 0.15) is 0 Å². The molecule has 21 heavy (non-hydrogen) atoms. The van der Waals surface area contributed by atoms with E-state index < -0.39 is 11.8 Å². The second kappa shape index (κ2) is 5.63. The fourth-order valence-electron chi connectivity index (χ4n) is 1.79. The second-order valence-corrected chi connectivity index (χ2v) is 4.69. The lowest BCUT2D eigenvalue weighted by Gasteiger charge is -2.25. The standard InChI is InChI=1S/C17H13F3O/c1-13-7-9-15(10-8-13)16(21,17(18,19)20)12-11-14-5-3-2-4-6-14/h2-10,21H,1H3. The van der Waals surface area contributed by atoms with Crippen molar-refractivity contribution in [1.82, 2.24) is 0 Å². The lowest BCUT2D eigenvalue weighted by Crippen LogP contribution is -2.41. The summed E-state index contributed by atoms with van der Waals surface area (Å²) in [6.45, 7) is 1.76. The van der Waals surface area contributed by atoms with Gasteiger partial charge in [0.2, 0.25) is 5.60 Å². The van der Waals surface area contributed by atoms with E-state index in [0.717, 1.165) is 5.56 Å². The first-order valence-corrected chi connectivity index (χ1v) is 6.27. The number of benzene rings is 2. The summed E-state index contributed by atoms with van der Waals surface area (Å²) in [5, 5.41) is 10.1. The number of rotatable bonds is 1. The van der Waals surface area contributed by atoms with Gasteiger partial charge in [-0.05, 0) is 25.0 Å². The zero-order chi connectivity index (χ0) is 15.5. The van der Waals surface area contributed by atoms with Crippen LogP contribution in [0.1, 0.15) is 16.7 Å². The van der Waals surface area contributed by atoms with Crippen molar-refractivity contribution >= 4 is 0 Å². The van der Waals surface area contributed by atoms with Gasteiger partial charge in [0.25, 0.3) is 0 Å². The number of halogens is 3. The van der Waals surface area contributed by atoms with Gasteiger partial charge in [0, 0.05) is 11.1 Å². The molecule has 2 rings (SSSR count). The molecule has 1 nitrogen and oxygen atoms in total. The Morgan fingerprint density at radius 3 is 2.00 bits per heavy atom. The van der Waals surface area contributed by atoms with E-state index in [1.807, 2.05) is 5.92 Å². The highest BCUT2D eigenvalue weighted by atomic mass is 19.4. The van der Waals surface area contributed by atoms with Crippen LogP contribution in [0.25, 0.3) is 0 Å². The number of aryl methyl sites for hydroxylation is 1. The van der Waals surface area contributed by atoms with Crippen LogP contribution in [-0.2, 0) is 5.60 Å². The summed E-state index contributed by atoms with van der Waals surface area (Å²) in [5.74, 6) is 4.35. The zero-order valence-electron chi connectivity index (χ0n) is 11.3. The first-order chi connectivity index (χ1) is 9.83. The van der Waals surface area contributed by atoms with E-state index in [1.165, 1.54) is 24.3 Å². The summed E-state index contributed by atoms with van der Waals surface area (Å²) < 4.78 is 39.7. The Morgan fingerprint density at radius 2 is 1.48 bits per heavy atom. The molecule has 0 aliphatic heterocycles. The Labute approximate surface area is 121 Å². The summed E-state index contributed by atoms with van der Waals surface area (Å²) in [6, 6.07) is 13.7. The van der Waals surface area contributed by atoms with Gasteiger partial charge >= 0.3 is 6.18 Å². The third kappa shape index (κ3) is 3.26. The molecular formula is C17H13F3O. The summed E-state index contributed by atoms with van der Waals surface area (Å²) in [5.41, 5.74) is -2.26. The minimum Gasteiger partial charge on any atom is -0.366 e. The number of alkyl halides is 3. The molecule has 2 aromatic carbocycles. The highest BCUT2D eigenvalue weighted by Gasteiger charge is 2.54. The fraction of sp³-hybridized carbons (Fsp3) is 0.176. The van der Waals surface area contributed by atoms with Crippen molar-refractivity contribution in [1.29, 1.82) is 0 Å². The molecule has 0 aromatic heterocycles. The van der Waals surface area contributed by atoms with Crippen LogP contribution in [0, 0.1) is 18.8 Å². The molecule has 0 saturated heterocycles. The summed E-state index contributed by atoms with van der Waals surface area (Å²) in [6.07, 6.45) is -4.88. The van der Waals surface area contributed by atoms with Gasteiger partial charge in [-0.1, -0.05) is 53.9 Å². The lowest BCUT2D eigenvalue weighted by molar-refractivity contribution is -0.240. The Morgan fingerprint density at radius 1 is 0.905 bits per heavy atom. The predicted molar refractivity (Wildman–Crippen MR) is 74.5 cm³/mol. The molecule has 1 N–H and O–H groups in total. The minimum atomic E-state index is -4.88. The molecule has 0 aliphatic rings. The Hall–Kier alpha value is -2.25. The van der Waals surface area contributed by atoms with Gasteiger partial charge in [-0.3, -0.25) is 0 Å². The summed E-state index contributed by atoms with van der Waals surface area (Å²) in [4.78, 5) is 0. The van der Waals surface area contributed by atoms with E-state index in [-0.39, 0.29) is 5.56 Å². The SMILES string of the molecule is Cc1ccc(C(O)(C#Cc2ccccc2)C(F)(F)F)cc1. The van der Waals surface area contributed by atoms with E-state index in [9.17, 15) is 18.3 Å². The molecule has 1 unspecified atom stereocenters. The van der Waals surface area contributed by atoms with Crippen molar-refractivity contribution in [2.45, 2.75) is 18.7 Å². The highest BCUT2D eigenvalue weighted by Crippen LogP contribution is 2.38. The Kier molecular flexibility index (Phi) is 4.06. The van der Waals surface area contributed by atoms with Crippen molar-refractivity contribution in [3.05, 3.63) is 71.3 Å². The fourth-order valence-corrected chi connectivity index (χ4v) is 1.79. The smallest absolute Gasteiger partial charge is 0.366 e. The molecule has 4 heteroatoms. The molecule has 2 aromatic rings. The van der Waals surface area contributed by atoms with Gasteiger partial charge in [0.05, 0.1) is 0 Å². The molecule has 0 heterocycles. The molecule has 0 spiro atoms. The number of hydrogen-bond acceptors (Lipinski definition) is 1. The maximum Gasteiger partial charge on any atom is 0.433 e. The Bertz CT molecular complexity index is 663. The lowest BCUT2D eigenvalue weighted by atomic mass is 9.92. The Balaban J connectivity index is 2.49. The molecule has 0 aliphatic carbocycles. The van der Waals surface area contributed by atoms with Gasteiger partial charge in [0.15, 0.2) is 0 Å². The minimum absolute atomic E-state index is 0.288. The van der Waals surface area contributed by atoms with E-state index in [4.69, 9.17) is 0 Å². The van der Waals surface area contributed by atoms with E-state index in [1.54, 1.807) is 37.3 Å². The average molecular weight is 290 g/mol. The molecule has 108 valence electrons. The molecule has 1 atom stereocenters. The average Bonchev–Trinajstić information content (AvgIpc) is 2.45. The predicted octanol–water partition coefficient (Wildman–Crippen LogP) is 3.80. The van der Waals surface area contributed by atoms with Crippen LogP contribution < -0.4 is 0 Å². The van der Waals surface area contributed by atoms with E-state index in [0.29, 0.717) is 5.56 Å².